The Hall–Kier alpha value is -0.650. The number of rotatable bonds is 3. The molecule has 0 aliphatic carbocycles. The van der Waals surface area contributed by atoms with Crippen molar-refractivity contribution in [1.82, 2.24) is 9.80 Å². The molecule has 3 rings (SSSR count). The van der Waals surface area contributed by atoms with Crippen LogP contribution < -0.4 is 0 Å². The molecule has 3 aliphatic heterocycles. The number of hydrogen-bond donors (Lipinski definition) is 0. The van der Waals surface area contributed by atoms with Crippen LogP contribution in [0.25, 0.3) is 0 Å². The van der Waals surface area contributed by atoms with Crippen LogP contribution in [0, 0.1) is 5.92 Å². The molecule has 5 heteroatoms. The fraction of sp³-hybridized carbons (Fsp3) is 0.938. The minimum absolute atomic E-state index is 0.181. The van der Waals surface area contributed by atoms with Crippen molar-refractivity contribution in [2.45, 2.75) is 38.2 Å². The second kappa shape index (κ2) is 7.56. The van der Waals surface area contributed by atoms with Crippen LogP contribution in [-0.4, -0.2) is 74.4 Å². The standard InChI is InChI=1S/C16H28N2O3/c19-16(18-7-10-20-11-8-18)14-4-3-6-17(12-14)13-15-5-1-2-9-21-15/h14-15H,1-13H2. The molecule has 0 radical (unpaired) electrons. The Bertz CT molecular complexity index is 338. The van der Waals surface area contributed by atoms with E-state index >= 15 is 0 Å². The van der Waals surface area contributed by atoms with Crippen molar-refractivity contribution in [2.24, 2.45) is 5.92 Å². The fourth-order valence-corrected chi connectivity index (χ4v) is 3.70. The summed E-state index contributed by atoms with van der Waals surface area (Å²) >= 11 is 0. The molecule has 0 N–H and O–H groups in total. The van der Waals surface area contributed by atoms with Crippen LogP contribution in [-0.2, 0) is 14.3 Å². The number of piperidine rings is 1. The highest BCUT2D eigenvalue weighted by Gasteiger charge is 2.31. The zero-order valence-electron chi connectivity index (χ0n) is 13.0. The summed E-state index contributed by atoms with van der Waals surface area (Å²) in [4.78, 5) is 17.0. The van der Waals surface area contributed by atoms with Crippen LogP contribution in [0.3, 0.4) is 0 Å². The van der Waals surface area contributed by atoms with Gasteiger partial charge in [0, 0.05) is 32.8 Å². The SMILES string of the molecule is O=C(C1CCCN(CC2CCCCO2)C1)N1CCOCC1. The molecule has 1 amide bonds. The summed E-state index contributed by atoms with van der Waals surface area (Å²) in [6.07, 6.45) is 6.23. The molecule has 0 saturated carbocycles. The first-order valence-corrected chi connectivity index (χ1v) is 8.53. The lowest BCUT2D eigenvalue weighted by Crippen LogP contribution is -2.49. The molecule has 21 heavy (non-hydrogen) atoms. The molecule has 0 aromatic carbocycles. The minimum Gasteiger partial charge on any atom is -0.378 e. The highest BCUT2D eigenvalue weighted by molar-refractivity contribution is 5.79. The first-order chi connectivity index (χ1) is 10.3. The third kappa shape index (κ3) is 4.18. The molecule has 120 valence electrons. The van der Waals surface area contributed by atoms with Crippen molar-refractivity contribution in [3.63, 3.8) is 0 Å². The first kappa shape index (κ1) is 15.3. The van der Waals surface area contributed by atoms with E-state index in [-0.39, 0.29) is 5.92 Å². The van der Waals surface area contributed by atoms with Crippen molar-refractivity contribution in [2.75, 3.05) is 52.5 Å². The molecule has 3 saturated heterocycles. The zero-order valence-corrected chi connectivity index (χ0v) is 13.0. The molecule has 0 aromatic heterocycles. The molecule has 3 aliphatic rings. The molecule has 0 bridgehead atoms. The van der Waals surface area contributed by atoms with Crippen molar-refractivity contribution in [3.05, 3.63) is 0 Å². The quantitative estimate of drug-likeness (QED) is 0.783. The summed E-state index contributed by atoms with van der Waals surface area (Å²) in [5, 5.41) is 0. The topological polar surface area (TPSA) is 42.0 Å². The van der Waals surface area contributed by atoms with E-state index in [9.17, 15) is 4.79 Å². The second-order valence-electron chi connectivity index (χ2n) is 6.52. The number of carbonyl (C=O) groups excluding carboxylic acids is 1. The average Bonchev–Trinajstić information content (AvgIpc) is 2.56. The number of carbonyl (C=O) groups is 1. The molecule has 3 fully saturated rings. The maximum atomic E-state index is 12.6. The van der Waals surface area contributed by atoms with Gasteiger partial charge in [-0.1, -0.05) is 0 Å². The van der Waals surface area contributed by atoms with Gasteiger partial charge in [0.2, 0.25) is 5.91 Å². The maximum absolute atomic E-state index is 12.6. The number of amides is 1. The molecule has 5 nitrogen and oxygen atoms in total. The number of morpholine rings is 1. The summed E-state index contributed by atoms with van der Waals surface area (Å²) in [6.45, 7) is 6.86. The van der Waals surface area contributed by atoms with E-state index in [4.69, 9.17) is 9.47 Å². The van der Waals surface area contributed by atoms with E-state index in [1.165, 1.54) is 19.3 Å². The van der Waals surface area contributed by atoms with Crippen molar-refractivity contribution in [1.29, 1.82) is 0 Å². The lowest BCUT2D eigenvalue weighted by Gasteiger charge is -2.38. The smallest absolute Gasteiger partial charge is 0.227 e. The summed E-state index contributed by atoms with van der Waals surface area (Å²) in [7, 11) is 0. The van der Waals surface area contributed by atoms with E-state index < -0.39 is 0 Å². The van der Waals surface area contributed by atoms with Crippen molar-refractivity contribution < 1.29 is 14.3 Å². The van der Waals surface area contributed by atoms with Gasteiger partial charge in [0.1, 0.15) is 0 Å². The molecule has 3 heterocycles. The van der Waals surface area contributed by atoms with Gasteiger partial charge in [-0.15, -0.1) is 0 Å². The van der Waals surface area contributed by atoms with Crippen LogP contribution in [0.15, 0.2) is 0 Å². The predicted molar refractivity (Wildman–Crippen MR) is 80.2 cm³/mol. The van der Waals surface area contributed by atoms with Gasteiger partial charge in [-0.2, -0.15) is 0 Å². The van der Waals surface area contributed by atoms with E-state index in [1.54, 1.807) is 0 Å². The first-order valence-electron chi connectivity index (χ1n) is 8.53. The van der Waals surface area contributed by atoms with Crippen molar-refractivity contribution >= 4 is 5.91 Å². The zero-order chi connectivity index (χ0) is 14.5. The van der Waals surface area contributed by atoms with Gasteiger partial charge in [-0.05, 0) is 38.6 Å². The Morgan fingerprint density at radius 2 is 1.86 bits per heavy atom. The van der Waals surface area contributed by atoms with E-state index in [0.29, 0.717) is 25.2 Å². The van der Waals surface area contributed by atoms with Crippen LogP contribution >= 0.6 is 0 Å². The average molecular weight is 296 g/mol. The molecule has 2 atom stereocenters. The molecular weight excluding hydrogens is 268 g/mol. The Balaban J connectivity index is 1.48. The summed E-state index contributed by atoms with van der Waals surface area (Å²) in [6, 6.07) is 0. The number of nitrogens with zero attached hydrogens (tertiary/aromatic N) is 2. The van der Waals surface area contributed by atoms with Crippen LogP contribution in [0.5, 0.6) is 0 Å². The Morgan fingerprint density at radius 1 is 1.00 bits per heavy atom. The lowest BCUT2D eigenvalue weighted by molar-refractivity contribution is -0.141. The Morgan fingerprint density at radius 3 is 2.62 bits per heavy atom. The van der Waals surface area contributed by atoms with Gasteiger partial charge in [0.25, 0.3) is 0 Å². The van der Waals surface area contributed by atoms with Gasteiger partial charge < -0.3 is 14.4 Å². The predicted octanol–water partition coefficient (Wildman–Crippen LogP) is 1.13. The molecule has 2 unspecified atom stereocenters. The van der Waals surface area contributed by atoms with Gasteiger partial charge in [0.15, 0.2) is 0 Å². The second-order valence-corrected chi connectivity index (χ2v) is 6.52. The fourth-order valence-electron chi connectivity index (χ4n) is 3.70. The van der Waals surface area contributed by atoms with Gasteiger partial charge in [-0.3, -0.25) is 9.69 Å². The van der Waals surface area contributed by atoms with Gasteiger partial charge in [0.05, 0.1) is 25.2 Å². The molecule has 0 aromatic rings. The maximum Gasteiger partial charge on any atom is 0.227 e. The lowest BCUT2D eigenvalue weighted by atomic mass is 9.95. The van der Waals surface area contributed by atoms with Crippen molar-refractivity contribution in [3.8, 4) is 0 Å². The highest BCUT2D eigenvalue weighted by Crippen LogP contribution is 2.22. The van der Waals surface area contributed by atoms with Crippen LogP contribution in [0.1, 0.15) is 32.1 Å². The third-order valence-corrected chi connectivity index (χ3v) is 4.91. The van der Waals surface area contributed by atoms with Gasteiger partial charge in [-0.25, -0.2) is 0 Å². The van der Waals surface area contributed by atoms with Crippen LogP contribution in [0.4, 0.5) is 0 Å². The van der Waals surface area contributed by atoms with E-state index in [0.717, 1.165) is 52.2 Å². The monoisotopic (exact) mass is 296 g/mol. The summed E-state index contributed by atoms with van der Waals surface area (Å²) < 4.78 is 11.2. The Labute approximate surface area is 127 Å². The number of ether oxygens (including phenoxy) is 2. The normalized spacial score (nSPS) is 32.1. The third-order valence-electron chi connectivity index (χ3n) is 4.91. The molecular formula is C16H28N2O3. The summed E-state index contributed by atoms with van der Waals surface area (Å²) in [5.41, 5.74) is 0. The largest absolute Gasteiger partial charge is 0.378 e. The van der Waals surface area contributed by atoms with Gasteiger partial charge >= 0.3 is 0 Å². The van der Waals surface area contributed by atoms with E-state index in [1.807, 2.05) is 4.90 Å². The Kier molecular flexibility index (Phi) is 5.49. The summed E-state index contributed by atoms with van der Waals surface area (Å²) in [5.74, 6) is 0.521. The van der Waals surface area contributed by atoms with Crippen LogP contribution in [0.2, 0.25) is 0 Å². The number of likely N-dealkylation sites (tertiary alicyclic amines) is 1. The minimum atomic E-state index is 0.181. The number of hydrogen-bond acceptors (Lipinski definition) is 4. The van der Waals surface area contributed by atoms with E-state index in [2.05, 4.69) is 4.90 Å². The molecule has 0 spiro atoms. The highest BCUT2D eigenvalue weighted by atomic mass is 16.5.